The summed E-state index contributed by atoms with van der Waals surface area (Å²) in [6.07, 6.45) is 3.82. The van der Waals surface area contributed by atoms with E-state index in [4.69, 9.17) is 4.74 Å². The molecule has 0 N–H and O–H groups in total. The molecule has 27 heavy (non-hydrogen) atoms. The molecule has 0 aromatic heterocycles. The molecule has 1 aromatic carbocycles. The highest BCUT2D eigenvalue weighted by atomic mass is 16.5. The molecule has 0 unspecified atom stereocenters. The Bertz CT molecular complexity index is 706. The first-order valence-corrected chi connectivity index (χ1v) is 9.97. The number of nitrogens with zero attached hydrogens (tertiary/aromatic N) is 2. The van der Waals surface area contributed by atoms with E-state index in [0.717, 1.165) is 50.2 Å². The number of carboxylic acid groups (broad SMARTS) is 1. The number of rotatable bonds is 4. The summed E-state index contributed by atoms with van der Waals surface area (Å²) >= 11 is 0. The Balaban J connectivity index is 1.43. The number of amides is 1. The molecule has 3 aliphatic carbocycles. The smallest absolute Gasteiger partial charge is 0.226 e. The third kappa shape index (κ3) is 3.37. The number of hydrogen-bond donors (Lipinski definition) is 0. The number of fused-ring (bicyclic) bond motifs is 3. The van der Waals surface area contributed by atoms with Crippen LogP contribution in [0.25, 0.3) is 0 Å². The van der Waals surface area contributed by atoms with Crippen LogP contribution in [0.5, 0.6) is 5.75 Å². The normalized spacial score (nSPS) is 30.3. The Hall–Kier alpha value is -2.24. The Kier molecular flexibility index (Phi) is 4.98. The van der Waals surface area contributed by atoms with Crippen molar-refractivity contribution in [3.63, 3.8) is 0 Å². The monoisotopic (exact) mass is 371 g/mol. The van der Waals surface area contributed by atoms with Gasteiger partial charge in [-0.3, -0.25) is 4.79 Å². The van der Waals surface area contributed by atoms with E-state index in [1.165, 1.54) is 0 Å². The lowest BCUT2D eigenvalue weighted by Crippen LogP contribution is -2.57. The van der Waals surface area contributed by atoms with Gasteiger partial charge in [0, 0.05) is 55.7 Å². The largest absolute Gasteiger partial charge is 0.550 e. The molecular formula is C21H27N2O4-. The molecule has 1 saturated heterocycles. The van der Waals surface area contributed by atoms with Gasteiger partial charge in [0.2, 0.25) is 5.91 Å². The molecule has 6 nitrogen and oxygen atoms in total. The molecule has 4 fully saturated rings. The molecule has 3 saturated carbocycles. The Morgan fingerprint density at radius 1 is 1.00 bits per heavy atom. The van der Waals surface area contributed by atoms with Gasteiger partial charge < -0.3 is 24.4 Å². The van der Waals surface area contributed by atoms with Crippen molar-refractivity contribution in [1.82, 2.24) is 4.90 Å². The highest BCUT2D eigenvalue weighted by molar-refractivity contribution is 5.85. The van der Waals surface area contributed by atoms with E-state index in [2.05, 4.69) is 4.90 Å². The number of piperazine rings is 1. The van der Waals surface area contributed by atoms with Crippen LogP contribution in [0.15, 0.2) is 24.3 Å². The second-order valence-electron chi connectivity index (χ2n) is 8.06. The highest BCUT2D eigenvalue weighted by Crippen LogP contribution is 2.49. The first kappa shape index (κ1) is 18.1. The van der Waals surface area contributed by atoms with Crippen molar-refractivity contribution in [3.8, 4) is 5.75 Å². The predicted molar refractivity (Wildman–Crippen MR) is 99.2 cm³/mol. The van der Waals surface area contributed by atoms with Crippen molar-refractivity contribution in [2.75, 3.05) is 38.2 Å². The Labute approximate surface area is 160 Å². The topological polar surface area (TPSA) is 72.9 Å². The predicted octanol–water partition coefficient (Wildman–Crippen LogP) is 1.15. The number of carboxylic acids is 1. The summed E-state index contributed by atoms with van der Waals surface area (Å²) in [5, 5.41) is 11.7. The Morgan fingerprint density at radius 2 is 1.63 bits per heavy atom. The van der Waals surface area contributed by atoms with Gasteiger partial charge in [0.05, 0.1) is 7.11 Å². The summed E-state index contributed by atoms with van der Waals surface area (Å²) < 4.78 is 5.29. The minimum absolute atomic E-state index is 0.0314. The van der Waals surface area contributed by atoms with E-state index in [1.807, 2.05) is 29.2 Å². The summed E-state index contributed by atoms with van der Waals surface area (Å²) in [7, 11) is 1.65. The van der Waals surface area contributed by atoms with Crippen molar-refractivity contribution in [2.24, 2.45) is 23.7 Å². The van der Waals surface area contributed by atoms with Gasteiger partial charge in [-0.1, -0.05) is 6.07 Å². The van der Waals surface area contributed by atoms with E-state index in [9.17, 15) is 14.7 Å². The number of carbonyl (C=O) groups is 2. The lowest BCUT2D eigenvalue weighted by atomic mass is 9.58. The van der Waals surface area contributed by atoms with E-state index in [1.54, 1.807) is 7.11 Å². The molecule has 1 amide bonds. The van der Waals surface area contributed by atoms with E-state index >= 15 is 0 Å². The van der Waals surface area contributed by atoms with Gasteiger partial charge in [-0.25, -0.2) is 0 Å². The standard InChI is InChI=1S/C21H28N2O4/c1-27-17-4-2-3-16(13-17)22-9-11-23(12-10-22)20(24)18-14-5-7-15(8-6-14)19(18)21(25)26/h2-4,13-15,18-19H,5-12H2,1H3,(H,25,26)/p-1/t14?,15?,18-,19+/m0/s1. The van der Waals surface area contributed by atoms with Crippen molar-refractivity contribution in [1.29, 1.82) is 0 Å². The average Bonchev–Trinajstić information content (AvgIpc) is 2.73. The summed E-state index contributed by atoms with van der Waals surface area (Å²) in [4.78, 5) is 29.1. The minimum atomic E-state index is -1.03. The first-order valence-electron chi connectivity index (χ1n) is 9.97. The maximum absolute atomic E-state index is 13.2. The average molecular weight is 371 g/mol. The van der Waals surface area contributed by atoms with Crippen LogP contribution in [-0.4, -0.2) is 50.1 Å². The molecule has 4 aliphatic rings. The third-order valence-electron chi connectivity index (χ3n) is 6.79. The molecule has 1 heterocycles. The maximum atomic E-state index is 13.2. The molecule has 1 aliphatic heterocycles. The van der Waals surface area contributed by atoms with Crippen LogP contribution in [0.1, 0.15) is 25.7 Å². The lowest BCUT2D eigenvalue weighted by Gasteiger charge is -2.50. The van der Waals surface area contributed by atoms with Gasteiger partial charge in [-0.2, -0.15) is 0 Å². The van der Waals surface area contributed by atoms with Crippen LogP contribution >= 0.6 is 0 Å². The van der Waals surface area contributed by atoms with Crippen molar-refractivity contribution < 1.29 is 19.4 Å². The van der Waals surface area contributed by atoms with E-state index in [-0.39, 0.29) is 23.7 Å². The zero-order valence-electron chi connectivity index (χ0n) is 15.8. The fourth-order valence-corrected chi connectivity index (χ4v) is 5.35. The number of carbonyl (C=O) groups excluding carboxylic acids is 2. The zero-order chi connectivity index (χ0) is 19.0. The second-order valence-corrected chi connectivity index (χ2v) is 8.06. The first-order chi connectivity index (χ1) is 13.1. The molecule has 0 radical (unpaired) electrons. The maximum Gasteiger partial charge on any atom is 0.226 e. The zero-order valence-corrected chi connectivity index (χ0v) is 15.8. The van der Waals surface area contributed by atoms with Crippen molar-refractivity contribution in [3.05, 3.63) is 24.3 Å². The highest BCUT2D eigenvalue weighted by Gasteiger charge is 2.48. The summed E-state index contributed by atoms with van der Waals surface area (Å²) in [6, 6.07) is 7.94. The minimum Gasteiger partial charge on any atom is -0.550 e. The van der Waals surface area contributed by atoms with Gasteiger partial charge in [0.1, 0.15) is 5.75 Å². The fraction of sp³-hybridized carbons (Fsp3) is 0.619. The molecule has 5 rings (SSSR count). The molecule has 0 spiro atoms. The lowest BCUT2D eigenvalue weighted by molar-refractivity contribution is -0.318. The third-order valence-corrected chi connectivity index (χ3v) is 6.79. The van der Waals surface area contributed by atoms with Crippen LogP contribution in [-0.2, 0) is 9.59 Å². The van der Waals surface area contributed by atoms with Crippen LogP contribution in [0, 0.1) is 23.7 Å². The van der Waals surface area contributed by atoms with Crippen LogP contribution in [0.4, 0.5) is 5.69 Å². The molecule has 1 aromatic rings. The van der Waals surface area contributed by atoms with Crippen LogP contribution in [0.2, 0.25) is 0 Å². The molecule has 6 heteroatoms. The SMILES string of the molecule is COc1cccc(N2CCN(C(=O)[C@H]3C4CCC(CC4)[C@H]3C(=O)[O-])CC2)c1. The van der Waals surface area contributed by atoms with Crippen molar-refractivity contribution in [2.45, 2.75) is 25.7 Å². The van der Waals surface area contributed by atoms with Gasteiger partial charge in [-0.05, 0) is 49.7 Å². The number of anilines is 1. The van der Waals surface area contributed by atoms with Crippen LogP contribution in [0.3, 0.4) is 0 Å². The van der Waals surface area contributed by atoms with Gasteiger partial charge in [0.15, 0.2) is 0 Å². The van der Waals surface area contributed by atoms with Gasteiger partial charge in [0.25, 0.3) is 0 Å². The number of aliphatic carboxylic acids is 1. The Morgan fingerprint density at radius 3 is 2.22 bits per heavy atom. The molecule has 2 atom stereocenters. The summed E-state index contributed by atoms with van der Waals surface area (Å²) in [6.45, 7) is 2.75. The van der Waals surface area contributed by atoms with Gasteiger partial charge >= 0.3 is 0 Å². The number of benzene rings is 1. The summed E-state index contributed by atoms with van der Waals surface area (Å²) in [5.74, 6) is -0.830. The number of methoxy groups -OCH3 is 1. The fourth-order valence-electron chi connectivity index (χ4n) is 5.35. The van der Waals surface area contributed by atoms with Crippen molar-refractivity contribution >= 4 is 17.6 Å². The van der Waals surface area contributed by atoms with E-state index in [0.29, 0.717) is 13.1 Å². The number of ether oxygens (including phenoxy) is 1. The van der Waals surface area contributed by atoms with Crippen LogP contribution < -0.4 is 14.7 Å². The molecule has 2 bridgehead atoms. The molecular weight excluding hydrogens is 344 g/mol. The van der Waals surface area contributed by atoms with Gasteiger partial charge in [-0.15, -0.1) is 0 Å². The number of hydrogen-bond acceptors (Lipinski definition) is 5. The molecule has 146 valence electrons. The summed E-state index contributed by atoms with van der Waals surface area (Å²) in [5.41, 5.74) is 1.09. The second kappa shape index (κ2) is 7.41. The van der Waals surface area contributed by atoms with E-state index < -0.39 is 11.9 Å². The quantitative estimate of drug-likeness (QED) is 0.794.